The molecule has 0 radical (unpaired) electrons. The quantitative estimate of drug-likeness (QED) is 0.884. The van der Waals surface area contributed by atoms with Crippen molar-refractivity contribution in [3.05, 3.63) is 64.7 Å². The first-order valence-corrected chi connectivity index (χ1v) is 11.2. The highest BCUT2D eigenvalue weighted by Crippen LogP contribution is 2.35. The molecular formula is C21H24N2O3S. The second-order valence-electron chi connectivity index (χ2n) is 7.57. The molecule has 0 unspecified atom stereocenters. The molecule has 0 aromatic heterocycles. The zero-order valence-electron chi connectivity index (χ0n) is 15.6. The van der Waals surface area contributed by atoms with Crippen molar-refractivity contribution in [2.24, 2.45) is 0 Å². The molecule has 6 heteroatoms. The normalized spacial score (nSPS) is 21.5. The molecule has 5 nitrogen and oxygen atoms in total. The van der Waals surface area contributed by atoms with Crippen molar-refractivity contribution in [2.75, 3.05) is 10.6 Å². The number of nitrogens with one attached hydrogen (secondary N) is 1. The molecular weight excluding hydrogens is 360 g/mol. The SMILES string of the molecule is C[C@H]1Cc2cc(C(=O)N[C@H]3CCCc4ccccc43)ccc2N1S(C)(=O)=O. The van der Waals surface area contributed by atoms with Crippen LogP contribution in [0.5, 0.6) is 0 Å². The van der Waals surface area contributed by atoms with Crippen molar-refractivity contribution in [2.45, 2.75) is 44.7 Å². The Bertz CT molecular complexity index is 1000. The predicted molar refractivity (Wildman–Crippen MR) is 107 cm³/mol. The molecule has 4 rings (SSSR count). The number of amides is 1. The van der Waals surface area contributed by atoms with E-state index in [-0.39, 0.29) is 18.0 Å². The van der Waals surface area contributed by atoms with Gasteiger partial charge in [0.2, 0.25) is 10.0 Å². The summed E-state index contributed by atoms with van der Waals surface area (Å²) < 4.78 is 25.5. The highest BCUT2D eigenvalue weighted by atomic mass is 32.2. The van der Waals surface area contributed by atoms with E-state index in [9.17, 15) is 13.2 Å². The van der Waals surface area contributed by atoms with Gasteiger partial charge in [-0.3, -0.25) is 9.10 Å². The Hall–Kier alpha value is -2.34. The van der Waals surface area contributed by atoms with Crippen molar-refractivity contribution >= 4 is 21.6 Å². The number of nitrogens with zero attached hydrogens (tertiary/aromatic N) is 1. The minimum absolute atomic E-state index is 0.0298. The Morgan fingerprint density at radius 1 is 1.15 bits per heavy atom. The van der Waals surface area contributed by atoms with Crippen molar-refractivity contribution in [3.63, 3.8) is 0 Å². The van der Waals surface area contributed by atoms with E-state index in [4.69, 9.17) is 0 Å². The molecule has 0 spiro atoms. The lowest BCUT2D eigenvalue weighted by molar-refractivity contribution is 0.0932. The Labute approximate surface area is 160 Å². The zero-order chi connectivity index (χ0) is 19.2. The number of hydrogen-bond donors (Lipinski definition) is 1. The molecule has 2 atom stereocenters. The van der Waals surface area contributed by atoms with Gasteiger partial charge in [-0.05, 0) is 67.5 Å². The summed E-state index contributed by atoms with van der Waals surface area (Å²) in [6.45, 7) is 1.89. The summed E-state index contributed by atoms with van der Waals surface area (Å²) in [5.41, 5.74) is 4.68. The Morgan fingerprint density at radius 2 is 1.93 bits per heavy atom. The Morgan fingerprint density at radius 3 is 2.70 bits per heavy atom. The number of carbonyl (C=O) groups excluding carboxylic acids is 1. The first-order chi connectivity index (χ1) is 12.8. The van der Waals surface area contributed by atoms with Crippen LogP contribution in [-0.4, -0.2) is 26.6 Å². The summed E-state index contributed by atoms with van der Waals surface area (Å²) in [4.78, 5) is 12.8. The van der Waals surface area contributed by atoms with E-state index in [1.54, 1.807) is 12.1 Å². The Balaban J connectivity index is 1.58. The van der Waals surface area contributed by atoms with Crippen molar-refractivity contribution in [3.8, 4) is 0 Å². The molecule has 2 aromatic rings. The lowest BCUT2D eigenvalue weighted by atomic mass is 9.87. The van der Waals surface area contributed by atoms with Crippen LogP contribution in [0.25, 0.3) is 0 Å². The summed E-state index contributed by atoms with van der Waals surface area (Å²) in [5.74, 6) is -0.107. The predicted octanol–water partition coefficient (Wildman–Crippen LogP) is 3.20. The third-order valence-electron chi connectivity index (χ3n) is 5.53. The van der Waals surface area contributed by atoms with Gasteiger partial charge < -0.3 is 5.32 Å². The molecule has 0 fully saturated rings. The molecule has 0 saturated heterocycles. The first-order valence-electron chi connectivity index (χ1n) is 9.35. The molecule has 2 aliphatic rings. The summed E-state index contributed by atoms with van der Waals surface area (Å²) in [6, 6.07) is 13.5. The van der Waals surface area contributed by atoms with Gasteiger partial charge in [-0.2, -0.15) is 0 Å². The molecule has 1 aliphatic carbocycles. The monoisotopic (exact) mass is 384 g/mol. The molecule has 142 valence electrons. The number of hydrogen-bond acceptors (Lipinski definition) is 3. The summed E-state index contributed by atoms with van der Waals surface area (Å²) in [7, 11) is -3.32. The van der Waals surface area contributed by atoms with E-state index in [2.05, 4.69) is 17.4 Å². The largest absolute Gasteiger partial charge is 0.345 e. The van der Waals surface area contributed by atoms with Gasteiger partial charge in [-0.1, -0.05) is 24.3 Å². The Kier molecular flexibility index (Phi) is 4.46. The van der Waals surface area contributed by atoms with E-state index in [0.29, 0.717) is 17.7 Å². The molecule has 1 aliphatic heterocycles. The van der Waals surface area contributed by atoms with Gasteiger partial charge in [-0.25, -0.2) is 8.42 Å². The second kappa shape index (κ2) is 6.68. The average molecular weight is 385 g/mol. The molecule has 0 saturated carbocycles. The first kappa shape index (κ1) is 18.0. The fourth-order valence-electron chi connectivity index (χ4n) is 4.39. The van der Waals surface area contributed by atoms with Crippen molar-refractivity contribution in [1.82, 2.24) is 5.32 Å². The van der Waals surface area contributed by atoms with Gasteiger partial charge in [0.15, 0.2) is 0 Å². The smallest absolute Gasteiger partial charge is 0.251 e. The number of aryl methyl sites for hydroxylation is 1. The minimum Gasteiger partial charge on any atom is -0.345 e. The van der Waals surface area contributed by atoms with Gasteiger partial charge in [-0.15, -0.1) is 0 Å². The number of fused-ring (bicyclic) bond motifs is 2. The minimum atomic E-state index is -3.32. The highest BCUT2D eigenvalue weighted by molar-refractivity contribution is 7.92. The maximum Gasteiger partial charge on any atom is 0.251 e. The van der Waals surface area contributed by atoms with Gasteiger partial charge in [0.1, 0.15) is 0 Å². The van der Waals surface area contributed by atoms with E-state index in [1.165, 1.54) is 21.7 Å². The topological polar surface area (TPSA) is 66.5 Å². The van der Waals surface area contributed by atoms with Crippen molar-refractivity contribution in [1.29, 1.82) is 0 Å². The fourth-order valence-corrected chi connectivity index (χ4v) is 5.66. The third-order valence-corrected chi connectivity index (χ3v) is 6.80. The number of benzene rings is 2. The number of carbonyl (C=O) groups is 1. The van der Waals surface area contributed by atoms with Crippen LogP contribution in [-0.2, 0) is 22.9 Å². The van der Waals surface area contributed by atoms with Crippen LogP contribution in [0.2, 0.25) is 0 Å². The highest BCUT2D eigenvalue weighted by Gasteiger charge is 2.33. The lowest BCUT2D eigenvalue weighted by Crippen LogP contribution is -2.34. The number of rotatable bonds is 3. The van der Waals surface area contributed by atoms with Gasteiger partial charge >= 0.3 is 0 Å². The standard InChI is InChI=1S/C21H24N2O3S/c1-14-12-17-13-16(10-11-20(17)23(14)27(2,25)26)21(24)22-19-9-5-7-15-6-3-4-8-18(15)19/h3-4,6,8,10-11,13-14,19H,5,7,9,12H2,1-2H3,(H,22,24)/t14-,19-/m0/s1. The maximum absolute atomic E-state index is 12.8. The second-order valence-corrected chi connectivity index (χ2v) is 9.43. The summed E-state index contributed by atoms with van der Waals surface area (Å²) in [6.07, 6.45) is 4.90. The average Bonchev–Trinajstić information content (AvgIpc) is 2.97. The molecule has 27 heavy (non-hydrogen) atoms. The molecule has 1 heterocycles. The van der Waals surface area contributed by atoms with Crippen LogP contribution in [0.3, 0.4) is 0 Å². The lowest BCUT2D eigenvalue weighted by Gasteiger charge is -2.26. The number of anilines is 1. The van der Waals surface area contributed by atoms with E-state index >= 15 is 0 Å². The maximum atomic E-state index is 12.8. The van der Waals surface area contributed by atoms with E-state index < -0.39 is 10.0 Å². The third kappa shape index (κ3) is 3.34. The van der Waals surface area contributed by atoms with E-state index in [0.717, 1.165) is 24.8 Å². The molecule has 1 N–H and O–H groups in total. The van der Waals surface area contributed by atoms with Gasteiger partial charge in [0, 0.05) is 11.6 Å². The zero-order valence-corrected chi connectivity index (χ0v) is 16.4. The van der Waals surface area contributed by atoms with E-state index in [1.807, 2.05) is 25.1 Å². The van der Waals surface area contributed by atoms with Crippen LogP contribution in [0.1, 0.15) is 52.9 Å². The van der Waals surface area contributed by atoms with Crippen LogP contribution < -0.4 is 9.62 Å². The van der Waals surface area contributed by atoms with Gasteiger partial charge in [0.05, 0.1) is 18.0 Å². The summed E-state index contributed by atoms with van der Waals surface area (Å²) >= 11 is 0. The van der Waals surface area contributed by atoms with Crippen LogP contribution in [0, 0.1) is 0 Å². The molecule has 2 aromatic carbocycles. The molecule has 1 amide bonds. The molecule has 0 bridgehead atoms. The van der Waals surface area contributed by atoms with Crippen LogP contribution in [0.15, 0.2) is 42.5 Å². The fraction of sp³-hybridized carbons (Fsp3) is 0.381. The van der Waals surface area contributed by atoms with Crippen LogP contribution in [0.4, 0.5) is 5.69 Å². The van der Waals surface area contributed by atoms with Gasteiger partial charge in [0.25, 0.3) is 5.91 Å². The summed E-state index contributed by atoms with van der Waals surface area (Å²) in [5, 5.41) is 3.16. The number of sulfonamides is 1. The van der Waals surface area contributed by atoms with Crippen molar-refractivity contribution < 1.29 is 13.2 Å². The van der Waals surface area contributed by atoms with Crippen LogP contribution >= 0.6 is 0 Å².